The summed E-state index contributed by atoms with van der Waals surface area (Å²) in [4.78, 5) is 26.7. The van der Waals surface area contributed by atoms with E-state index < -0.39 is 22.4 Å². The molecule has 2 aliphatic rings. The van der Waals surface area contributed by atoms with Crippen LogP contribution >= 0.6 is 0 Å². The van der Waals surface area contributed by atoms with E-state index in [1.807, 2.05) is 0 Å². The van der Waals surface area contributed by atoms with E-state index in [4.69, 9.17) is 9.26 Å². The SMILES string of the molecule is Cc1noc(C)c1C(=O)OCC(=O)N(C1CCCC1)[C@@H]1CCS(=O)(=O)C1. The van der Waals surface area contributed by atoms with E-state index in [0.717, 1.165) is 25.7 Å². The van der Waals surface area contributed by atoms with E-state index in [1.165, 1.54) is 0 Å². The lowest BCUT2D eigenvalue weighted by atomic mass is 10.1. The summed E-state index contributed by atoms with van der Waals surface area (Å²) in [5, 5.41) is 3.70. The molecule has 1 saturated heterocycles. The maximum absolute atomic E-state index is 12.8. The van der Waals surface area contributed by atoms with Gasteiger partial charge in [0.2, 0.25) is 0 Å². The molecular weight excluding hydrogens is 360 g/mol. The molecule has 1 amide bonds. The molecule has 1 saturated carbocycles. The Kier molecular flexibility index (Phi) is 5.36. The molecule has 2 fully saturated rings. The fraction of sp³-hybridized carbons (Fsp3) is 0.706. The van der Waals surface area contributed by atoms with Gasteiger partial charge in [-0.3, -0.25) is 4.79 Å². The highest BCUT2D eigenvalue weighted by Crippen LogP contribution is 2.29. The van der Waals surface area contributed by atoms with E-state index in [2.05, 4.69) is 5.16 Å². The summed E-state index contributed by atoms with van der Waals surface area (Å²) in [5.41, 5.74) is 0.642. The second kappa shape index (κ2) is 7.38. The van der Waals surface area contributed by atoms with Gasteiger partial charge in [0.05, 0.1) is 17.2 Å². The van der Waals surface area contributed by atoms with Gasteiger partial charge in [-0.15, -0.1) is 0 Å². The van der Waals surface area contributed by atoms with Gasteiger partial charge in [-0.05, 0) is 33.1 Å². The van der Waals surface area contributed by atoms with Crippen molar-refractivity contribution >= 4 is 21.7 Å². The molecular formula is C17H24N2O6S. The van der Waals surface area contributed by atoms with Crippen molar-refractivity contribution in [2.45, 2.75) is 58.0 Å². The summed E-state index contributed by atoms with van der Waals surface area (Å²) in [7, 11) is -3.10. The molecule has 0 unspecified atom stereocenters. The Balaban J connectivity index is 1.69. The number of aromatic nitrogens is 1. The smallest absolute Gasteiger partial charge is 0.344 e. The number of amides is 1. The minimum atomic E-state index is -3.10. The molecule has 1 aliphatic carbocycles. The number of esters is 1. The number of ether oxygens (including phenoxy) is 1. The van der Waals surface area contributed by atoms with Crippen molar-refractivity contribution in [3.8, 4) is 0 Å². The molecule has 1 aliphatic heterocycles. The predicted molar refractivity (Wildman–Crippen MR) is 92.4 cm³/mol. The molecule has 26 heavy (non-hydrogen) atoms. The lowest BCUT2D eigenvalue weighted by Gasteiger charge is -2.33. The van der Waals surface area contributed by atoms with Crippen LogP contribution in [-0.2, 0) is 19.4 Å². The average Bonchev–Trinajstić information content (AvgIpc) is 3.28. The molecule has 0 radical (unpaired) electrons. The first-order valence-corrected chi connectivity index (χ1v) is 10.7. The molecule has 144 valence electrons. The number of nitrogens with zero attached hydrogens (tertiary/aromatic N) is 2. The van der Waals surface area contributed by atoms with Gasteiger partial charge in [-0.1, -0.05) is 18.0 Å². The van der Waals surface area contributed by atoms with Crippen LogP contribution in [0.5, 0.6) is 0 Å². The van der Waals surface area contributed by atoms with Gasteiger partial charge in [-0.25, -0.2) is 13.2 Å². The van der Waals surface area contributed by atoms with Crippen molar-refractivity contribution in [2.75, 3.05) is 18.1 Å². The summed E-state index contributed by atoms with van der Waals surface area (Å²) >= 11 is 0. The van der Waals surface area contributed by atoms with Crippen molar-refractivity contribution in [1.29, 1.82) is 0 Å². The second-order valence-corrected chi connectivity index (χ2v) is 9.30. The van der Waals surface area contributed by atoms with Gasteiger partial charge >= 0.3 is 5.97 Å². The Morgan fingerprint density at radius 1 is 1.19 bits per heavy atom. The molecule has 1 atom stereocenters. The van der Waals surface area contributed by atoms with Crippen molar-refractivity contribution in [1.82, 2.24) is 10.1 Å². The third kappa shape index (κ3) is 3.92. The first-order chi connectivity index (χ1) is 12.3. The fourth-order valence-electron chi connectivity index (χ4n) is 3.93. The standard InChI is InChI=1S/C17H24N2O6S/c1-11-16(12(2)25-18-11)17(21)24-9-15(20)19(13-5-3-4-6-13)14-7-8-26(22,23)10-14/h13-14H,3-10H2,1-2H3/t14-/m1/s1. The Morgan fingerprint density at radius 3 is 2.42 bits per heavy atom. The highest BCUT2D eigenvalue weighted by molar-refractivity contribution is 7.91. The number of aryl methyl sites for hydroxylation is 2. The quantitative estimate of drug-likeness (QED) is 0.706. The number of carbonyl (C=O) groups excluding carboxylic acids is 2. The van der Waals surface area contributed by atoms with Crippen molar-refractivity contribution in [2.24, 2.45) is 0 Å². The summed E-state index contributed by atoms with van der Waals surface area (Å²) in [6, 6.07) is -0.299. The van der Waals surface area contributed by atoms with Gasteiger partial charge in [0.15, 0.2) is 16.4 Å². The Bertz CT molecular complexity index is 775. The highest BCUT2D eigenvalue weighted by Gasteiger charge is 2.39. The Labute approximate surface area is 152 Å². The van der Waals surface area contributed by atoms with E-state index >= 15 is 0 Å². The first-order valence-electron chi connectivity index (χ1n) is 8.90. The molecule has 9 heteroatoms. The number of rotatable bonds is 5. The number of hydrogen-bond donors (Lipinski definition) is 0. The van der Waals surface area contributed by atoms with Gasteiger partial charge in [0.25, 0.3) is 5.91 Å². The largest absolute Gasteiger partial charge is 0.452 e. The Hall–Kier alpha value is -1.90. The third-order valence-corrected chi connectivity index (χ3v) is 6.92. The molecule has 0 N–H and O–H groups in total. The molecule has 1 aromatic rings. The van der Waals surface area contributed by atoms with Gasteiger partial charge < -0.3 is 14.2 Å². The maximum atomic E-state index is 12.8. The minimum absolute atomic E-state index is 0.00689. The van der Waals surface area contributed by atoms with Crippen molar-refractivity contribution in [3.63, 3.8) is 0 Å². The van der Waals surface area contributed by atoms with Crippen LogP contribution in [0.25, 0.3) is 0 Å². The zero-order valence-corrected chi connectivity index (χ0v) is 15.9. The second-order valence-electron chi connectivity index (χ2n) is 7.07. The van der Waals surface area contributed by atoms with Gasteiger partial charge in [0.1, 0.15) is 11.3 Å². The zero-order chi connectivity index (χ0) is 18.9. The molecule has 8 nitrogen and oxygen atoms in total. The third-order valence-electron chi connectivity index (χ3n) is 5.17. The normalized spacial score (nSPS) is 22.5. The summed E-state index contributed by atoms with van der Waals surface area (Å²) in [6.07, 6.45) is 4.21. The van der Waals surface area contributed by atoms with Crippen LogP contribution in [0.2, 0.25) is 0 Å². The summed E-state index contributed by atoms with van der Waals surface area (Å²) in [6.45, 7) is 2.83. The first kappa shape index (κ1) is 18.9. The topological polar surface area (TPSA) is 107 Å². The maximum Gasteiger partial charge on any atom is 0.344 e. The molecule has 0 aromatic carbocycles. The molecule has 0 bridgehead atoms. The van der Waals surface area contributed by atoms with Crippen LogP contribution in [0.15, 0.2) is 4.52 Å². The molecule has 0 spiro atoms. The van der Waals surface area contributed by atoms with Crippen LogP contribution in [0.4, 0.5) is 0 Å². The average molecular weight is 384 g/mol. The van der Waals surface area contributed by atoms with Crippen molar-refractivity contribution < 1.29 is 27.3 Å². The lowest BCUT2D eigenvalue weighted by Crippen LogP contribution is -2.48. The predicted octanol–water partition coefficient (Wildman–Crippen LogP) is 1.41. The molecule has 2 heterocycles. The van der Waals surface area contributed by atoms with Crippen LogP contribution < -0.4 is 0 Å². The highest BCUT2D eigenvalue weighted by atomic mass is 32.2. The van der Waals surface area contributed by atoms with Crippen LogP contribution in [0.1, 0.15) is 53.9 Å². The number of sulfone groups is 1. The van der Waals surface area contributed by atoms with E-state index in [0.29, 0.717) is 17.9 Å². The van der Waals surface area contributed by atoms with Gasteiger partial charge in [0, 0.05) is 12.1 Å². The van der Waals surface area contributed by atoms with Crippen LogP contribution in [-0.4, -0.2) is 60.5 Å². The zero-order valence-electron chi connectivity index (χ0n) is 15.1. The fourth-order valence-corrected chi connectivity index (χ4v) is 5.64. The van der Waals surface area contributed by atoms with Gasteiger partial charge in [-0.2, -0.15) is 0 Å². The summed E-state index contributed by atoms with van der Waals surface area (Å²) in [5.74, 6) is -0.547. The van der Waals surface area contributed by atoms with E-state index in [9.17, 15) is 18.0 Å². The molecule has 3 rings (SSSR count). The lowest BCUT2D eigenvalue weighted by molar-refractivity contribution is -0.139. The molecule has 1 aromatic heterocycles. The summed E-state index contributed by atoms with van der Waals surface area (Å²) < 4.78 is 33.8. The minimum Gasteiger partial charge on any atom is -0.452 e. The van der Waals surface area contributed by atoms with E-state index in [-0.39, 0.29) is 35.1 Å². The van der Waals surface area contributed by atoms with Crippen molar-refractivity contribution in [3.05, 3.63) is 17.0 Å². The van der Waals surface area contributed by atoms with Crippen LogP contribution in [0, 0.1) is 13.8 Å². The number of hydrogen-bond acceptors (Lipinski definition) is 7. The monoisotopic (exact) mass is 384 g/mol. The Morgan fingerprint density at radius 2 is 1.88 bits per heavy atom. The van der Waals surface area contributed by atoms with Crippen LogP contribution in [0.3, 0.4) is 0 Å². The van der Waals surface area contributed by atoms with E-state index in [1.54, 1.807) is 18.7 Å². The number of carbonyl (C=O) groups is 2.